The number of Topliss-reactive ketones (excluding diaryl/α,β-unsaturated/α-hetero) is 1. The average Bonchev–Trinajstić information content (AvgIpc) is 3.47. The summed E-state index contributed by atoms with van der Waals surface area (Å²) in [6.07, 6.45) is 3.09. The van der Waals surface area contributed by atoms with Crippen LogP contribution in [0.25, 0.3) is 5.76 Å². The molecule has 2 fully saturated rings. The summed E-state index contributed by atoms with van der Waals surface area (Å²) in [5, 5.41) is 12.9. The quantitative estimate of drug-likeness (QED) is 0.365. The molecule has 168 valence electrons. The molecular formula is C25H24N4O3S. The van der Waals surface area contributed by atoms with Gasteiger partial charge < -0.3 is 14.9 Å². The molecule has 2 aliphatic heterocycles. The summed E-state index contributed by atoms with van der Waals surface area (Å²) in [7, 11) is 2.12. The molecule has 0 spiro atoms. The largest absolute Gasteiger partial charge is 0.507 e. The molecule has 3 aromatic rings. The van der Waals surface area contributed by atoms with Crippen LogP contribution < -0.4 is 9.80 Å². The lowest BCUT2D eigenvalue weighted by Crippen LogP contribution is -2.44. The van der Waals surface area contributed by atoms with E-state index in [9.17, 15) is 14.7 Å². The van der Waals surface area contributed by atoms with Gasteiger partial charge in [0.25, 0.3) is 11.7 Å². The minimum Gasteiger partial charge on any atom is -0.507 e. The van der Waals surface area contributed by atoms with Gasteiger partial charge in [-0.1, -0.05) is 6.07 Å². The number of benzene rings is 1. The zero-order valence-electron chi connectivity index (χ0n) is 18.2. The maximum Gasteiger partial charge on any atom is 0.300 e. The maximum atomic E-state index is 13.2. The summed E-state index contributed by atoms with van der Waals surface area (Å²) in [6.45, 7) is 3.90. The molecule has 5 rings (SSSR count). The predicted octanol–water partition coefficient (Wildman–Crippen LogP) is 3.52. The first-order chi connectivity index (χ1) is 16.0. The van der Waals surface area contributed by atoms with Crippen LogP contribution in [0.3, 0.4) is 0 Å². The highest BCUT2D eigenvalue weighted by molar-refractivity contribution is 7.10. The van der Waals surface area contributed by atoms with E-state index in [1.165, 1.54) is 16.2 Å². The van der Waals surface area contributed by atoms with Gasteiger partial charge in [-0.2, -0.15) is 0 Å². The summed E-state index contributed by atoms with van der Waals surface area (Å²) in [6, 6.07) is 14.1. The van der Waals surface area contributed by atoms with Gasteiger partial charge >= 0.3 is 0 Å². The molecule has 7 nitrogen and oxygen atoms in total. The van der Waals surface area contributed by atoms with Crippen molar-refractivity contribution in [3.8, 4) is 0 Å². The Labute approximate surface area is 196 Å². The molecular weight excluding hydrogens is 436 g/mol. The number of carbonyl (C=O) groups excluding carboxylic acids is 2. The number of likely N-dealkylation sites (N-methyl/N-ethyl adjacent to an activating group) is 1. The predicted molar refractivity (Wildman–Crippen MR) is 129 cm³/mol. The minimum atomic E-state index is -0.689. The lowest BCUT2D eigenvalue weighted by molar-refractivity contribution is -0.132. The Morgan fingerprint density at radius 2 is 1.64 bits per heavy atom. The third-order valence-corrected chi connectivity index (χ3v) is 7.13. The molecule has 1 atom stereocenters. The number of pyridine rings is 1. The number of amides is 1. The summed E-state index contributed by atoms with van der Waals surface area (Å²) in [5.74, 6) is -1.52. The van der Waals surface area contributed by atoms with Crippen LogP contribution in [0, 0.1) is 0 Å². The first kappa shape index (κ1) is 21.4. The van der Waals surface area contributed by atoms with Crippen LogP contribution in [-0.2, 0) is 9.59 Å². The normalized spacial score (nSPS) is 21.1. The van der Waals surface area contributed by atoms with E-state index in [0.29, 0.717) is 11.3 Å². The van der Waals surface area contributed by atoms with E-state index in [4.69, 9.17) is 0 Å². The Morgan fingerprint density at radius 3 is 2.27 bits per heavy atom. The van der Waals surface area contributed by atoms with Gasteiger partial charge in [0.2, 0.25) is 0 Å². The fourth-order valence-corrected chi connectivity index (χ4v) is 5.19. The average molecular weight is 461 g/mol. The number of rotatable bonds is 4. The van der Waals surface area contributed by atoms with E-state index in [1.54, 1.807) is 24.5 Å². The van der Waals surface area contributed by atoms with Gasteiger partial charge in [0.1, 0.15) is 11.8 Å². The highest BCUT2D eigenvalue weighted by atomic mass is 32.1. The van der Waals surface area contributed by atoms with Crippen molar-refractivity contribution in [1.82, 2.24) is 9.88 Å². The summed E-state index contributed by atoms with van der Waals surface area (Å²) in [5.41, 5.74) is 2.27. The van der Waals surface area contributed by atoms with E-state index >= 15 is 0 Å². The number of hydrogen-bond acceptors (Lipinski definition) is 7. The Balaban J connectivity index is 1.54. The topological polar surface area (TPSA) is 77.0 Å². The molecule has 2 saturated heterocycles. The first-order valence-electron chi connectivity index (χ1n) is 10.8. The molecule has 8 heteroatoms. The molecule has 4 heterocycles. The summed E-state index contributed by atoms with van der Waals surface area (Å²) >= 11 is 1.45. The number of ketones is 1. The van der Waals surface area contributed by atoms with Crippen LogP contribution in [0.5, 0.6) is 0 Å². The smallest absolute Gasteiger partial charge is 0.300 e. The number of hydrogen-bond donors (Lipinski definition) is 1. The van der Waals surface area contributed by atoms with Crippen LogP contribution >= 0.6 is 11.3 Å². The van der Waals surface area contributed by atoms with Crippen LogP contribution in [0.2, 0.25) is 0 Å². The number of aromatic nitrogens is 1. The SMILES string of the molecule is CN1CCN(c2ccc(N3C(=O)C(=O)/C(=C(\O)c4ccncc4)C3c3cccs3)cc2)CC1. The molecule has 1 aromatic carbocycles. The van der Waals surface area contributed by atoms with Gasteiger partial charge in [0.15, 0.2) is 0 Å². The molecule has 0 bridgehead atoms. The fourth-order valence-electron chi connectivity index (χ4n) is 4.37. The number of thiophene rings is 1. The van der Waals surface area contributed by atoms with E-state index in [2.05, 4.69) is 21.8 Å². The zero-order valence-corrected chi connectivity index (χ0v) is 19.0. The Kier molecular flexibility index (Phi) is 5.70. The molecule has 33 heavy (non-hydrogen) atoms. The second-order valence-electron chi connectivity index (χ2n) is 8.23. The van der Waals surface area contributed by atoms with Gasteiger partial charge in [-0.25, -0.2) is 0 Å². The lowest BCUT2D eigenvalue weighted by atomic mass is 10.0. The fraction of sp³-hybridized carbons (Fsp3) is 0.240. The minimum absolute atomic E-state index is 0.0943. The third-order valence-electron chi connectivity index (χ3n) is 6.21. The van der Waals surface area contributed by atoms with E-state index in [0.717, 1.165) is 36.7 Å². The number of anilines is 2. The lowest BCUT2D eigenvalue weighted by Gasteiger charge is -2.34. The Hall–Kier alpha value is -3.49. The van der Waals surface area contributed by atoms with Gasteiger partial charge in [-0.15, -0.1) is 11.3 Å². The zero-order chi connectivity index (χ0) is 22.9. The van der Waals surface area contributed by atoms with Crippen LogP contribution in [-0.4, -0.2) is 59.9 Å². The van der Waals surface area contributed by atoms with Gasteiger partial charge in [-0.05, 0) is 54.9 Å². The van der Waals surface area contributed by atoms with Crippen molar-refractivity contribution in [2.45, 2.75) is 6.04 Å². The highest BCUT2D eigenvalue weighted by Gasteiger charge is 2.47. The van der Waals surface area contributed by atoms with E-state index in [-0.39, 0.29) is 11.3 Å². The van der Waals surface area contributed by atoms with Crippen molar-refractivity contribution in [2.75, 3.05) is 43.0 Å². The maximum absolute atomic E-state index is 13.2. The number of nitrogens with zero attached hydrogens (tertiary/aromatic N) is 4. The van der Waals surface area contributed by atoms with Crippen molar-refractivity contribution in [1.29, 1.82) is 0 Å². The van der Waals surface area contributed by atoms with Crippen LogP contribution in [0.1, 0.15) is 16.5 Å². The van der Waals surface area contributed by atoms with Crippen molar-refractivity contribution >= 4 is 40.2 Å². The molecule has 1 unspecified atom stereocenters. The Bertz CT molecular complexity index is 1180. The molecule has 0 radical (unpaired) electrons. The summed E-state index contributed by atoms with van der Waals surface area (Å²) in [4.78, 5) is 37.2. The standard InChI is InChI=1S/C25H24N4O3S/c1-27-12-14-28(15-13-27)18-4-6-19(7-5-18)29-22(20-3-2-16-33-20)21(24(31)25(29)32)23(30)17-8-10-26-11-9-17/h2-11,16,22,30H,12-15H2,1H3/b23-21-. The summed E-state index contributed by atoms with van der Waals surface area (Å²) < 4.78 is 0. The molecule has 0 saturated carbocycles. The molecule has 0 aliphatic carbocycles. The van der Waals surface area contributed by atoms with Gasteiger partial charge in [0, 0.05) is 60.4 Å². The van der Waals surface area contributed by atoms with E-state index in [1.807, 2.05) is 41.8 Å². The third kappa shape index (κ3) is 3.92. The number of aliphatic hydroxyl groups is 1. The monoisotopic (exact) mass is 460 g/mol. The number of aliphatic hydroxyl groups excluding tert-OH is 1. The number of piperazine rings is 1. The molecule has 2 aliphatic rings. The van der Waals surface area contributed by atoms with Crippen molar-refractivity contribution in [3.63, 3.8) is 0 Å². The van der Waals surface area contributed by atoms with Crippen LogP contribution in [0.15, 0.2) is 71.9 Å². The van der Waals surface area contributed by atoms with Crippen molar-refractivity contribution in [2.24, 2.45) is 0 Å². The molecule has 2 aromatic heterocycles. The molecule has 1 N–H and O–H groups in total. The first-order valence-corrected chi connectivity index (χ1v) is 11.7. The highest BCUT2D eigenvalue weighted by Crippen LogP contribution is 2.43. The number of carbonyl (C=O) groups is 2. The second-order valence-corrected chi connectivity index (χ2v) is 9.21. The van der Waals surface area contributed by atoms with Gasteiger partial charge in [0.05, 0.1) is 5.57 Å². The van der Waals surface area contributed by atoms with Crippen molar-refractivity contribution in [3.05, 3.63) is 82.3 Å². The Morgan fingerprint density at radius 1 is 0.970 bits per heavy atom. The van der Waals surface area contributed by atoms with Crippen molar-refractivity contribution < 1.29 is 14.7 Å². The van der Waals surface area contributed by atoms with E-state index < -0.39 is 17.7 Å². The van der Waals surface area contributed by atoms with Gasteiger partial charge in [-0.3, -0.25) is 19.5 Å². The van der Waals surface area contributed by atoms with Crippen LogP contribution in [0.4, 0.5) is 11.4 Å². The second kappa shape index (κ2) is 8.80. The molecule has 1 amide bonds.